The van der Waals surface area contributed by atoms with Crippen LogP contribution in [-0.2, 0) is 13.6 Å². The van der Waals surface area contributed by atoms with Crippen LogP contribution in [0.25, 0.3) is 11.0 Å². The molecule has 14 heavy (non-hydrogen) atoms. The number of fused-ring (bicyclic) bond motifs is 1. The maximum atomic E-state index is 4.33. The fourth-order valence-electron chi connectivity index (χ4n) is 1.68. The molecule has 0 saturated carbocycles. The predicted molar refractivity (Wildman–Crippen MR) is 61.2 cm³/mol. The van der Waals surface area contributed by atoms with Crippen molar-refractivity contribution in [3.05, 3.63) is 28.5 Å². The fourth-order valence-corrected chi connectivity index (χ4v) is 2.17. The van der Waals surface area contributed by atoms with Crippen LogP contribution in [0.15, 0.2) is 22.9 Å². The zero-order valence-corrected chi connectivity index (χ0v) is 9.80. The average molecular weight is 254 g/mol. The third kappa shape index (κ3) is 1.55. The molecule has 0 atom stereocenters. The van der Waals surface area contributed by atoms with Gasteiger partial charge in [-0.3, -0.25) is 0 Å². The SMILES string of the molecule is CNCc1cc(Br)cc2ncn(C)c12. The minimum atomic E-state index is 0.857. The van der Waals surface area contributed by atoms with E-state index in [2.05, 4.69) is 36.9 Å². The van der Waals surface area contributed by atoms with Gasteiger partial charge in [0.2, 0.25) is 0 Å². The number of nitrogens with zero attached hydrogens (tertiary/aromatic N) is 2. The fraction of sp³-hybridized carbons (Fsp3) is 0.300. The molecule has 0 saturated heterocycles. The Balaban J connectivity index is 2.70. The van der Waals surface area contributed by atoms with Crippen LogP contribution >= 0.6 is 15.9 Å². The van der Waals surface area contributed by atoms with Gasteiger partial charge in [0.05, 0.1) is 17.4 Å². The van der Waals surface area contributed by atoms with E-state index in [4.69, 9.17) is 0 Å². The lowest BCUT2D eigenvalue weighted by molar-refractivity contribution is 0.814. The molecule has 0 aliphatic heterocycles. The Morgan fingerprint density at radius 1 is 1.50 bits per heavy atom. The highest BCUT2D eigenvalue weighted by Crippen LogP contribution is 2.22. The van der Waals surface area contributed by atoms with Crippen molar-refractivity contribution >= 4 is 27.0 Å². The van der Waals surface area contributed by atoms with Gasteiger partial charge in [-0.2, -0.15) is 0 Å². The van der Waals surface area contributed by atoms with Gasteiger partial charge in [-0.05, 0) is 24.7 Å². The second-order valence-corrected chi connectivity index (χ2v) is 4.23. The number of hydrogen-bond acceptors (Lipinski definition) is 2. The third-order valence-corrected chi connectivity index (χ3v) is 2.68. The van der Waals surface area contributed by atoms with Gasteiger partial charge in [-0.25, -0.2) is 4.98 Å². The highest BCUT2D eigenvalue weighted by Gasteiger charge is 2.06. The summed E-state index contributed by atoms with van der Waals surface area (Å²) in [6.07, 6.45) is 1.84. The lowest BCUT2D eigenvalue weighted by atomic mass is 10.2. The Bertz CT molecular complexity index is 462. The molecule has 2 rings (SSSR count). The minimum absolute atomic E-state index is 0.857. The second-order valence-electron chi connectivity index (χ2n) is 3.32. The van der Waals surface area contributed by atoms with Gasteiger partial charge < -0.3 is 9.88 Å². The highest BCUT2D eigenvalue weighted by molar-refractivity contribution is 9.10. The molecule has 2 aromatic rings. The van der Waals surface area contributed by atoms with Gasteiger partial charge in [0.1, 0.15) is 0 Å². The first kappa shape index (κ1) is 9.68. The Morgan fingerprint density at radius 2 is 2.29 bits per heavy atom. The molecule has 4 heteroatoms. The Morgan fingerprint density at radius 3 is 3.00 bits per heavy atom. The summed E-state index contributed by atoms with van der Waals surface area (Å²) < 4.78 is 3.13. The summed E-state index contributed by atoms with van der Waals surface area (Å²) in [5, 5.41) is 3.16. The van der Waals surface area contributed by atoms with Crippen LogP contribution in [0.3, 0.4) is 0 Å². The number of rotatable bonds is 2. The van der Waals surface area contributed by atoms with Gasteiger partial charge in [0, 0.05) is 18.1 Å². The lowest BCUT2D eigenvalue weighted by Gasteiger charge is -2.05. The molecule has 0 bridgehead atoms. The summed E-state index contributed by atoms with van der Waals surface area (Å²) in [6.45, 7) is 0.857. The molecule has 1 heterocycles. The van der Waals surface area contributed by atoms with Crippen LogP contribution < -0.4 is 5.32 Å². The molecule has 0 radical (unpaired) electrons. The van der Waals surface area contributed by atoms with E-state index in [-0.39, 0.29) is 0 Å². The average Bonchev–Trinajstić information content (AvgIpc) is 2.48. The molecule has 3 nitrogen and oxygen atoms in total. The maximum Gasteiger partial charge on any atom is 0.0955 e. The van der Waals surface area contributed by atoms with Crippen molar-refractivity contribution in [1.82, 2.24) is 14.9 Å². The van der Waals surface area contributed by atoms with Crippen molar-refractivity contribution < 1.29 is 0 Å². The summed E-state index contributed by atoms with van der Waals surface area (Å²) in [5.41, 5.74) is 3.49. The summed E-state index contributed by atoms with van der Waals surface area (Å²) in [4.78, 5) is 4.33. The largest absolute Gasteiger partial charge is 0.333 e. The van der Waals surface area contributed by atoms with E-state index in [0.29, 0.717) is 0 Å². The van der Waals surface area contributed by atoms with Gasteiger partial charge in [0.25, 0.3) is 0 Å². The van der Waals surface area contributed by atoms with Gasteiger partial charge >= 0.3 is 0 Å². The maximum absolute atomic E-state index is 4.33. The van der Waals surface area contributed by atoms with E-state index in [0.717, 1.165) is 16.5 Å². The summed E-state index contributed by atoms with van der Waals surface area (Å²) >= 11 is 3.49. The Hall–Kier alpha value is -0.870. The van der Waals surface area contributed by atoms with Crippen LogP contribution in [0, 0.1) is 0 Å². The van der Waals surface area contributed by atoms with Crippen molar-refractivity contribution in [3.63, 3.8) is 0 Å². The Kier molecular flexibility index (Phi) is 2.56. The number of imidazole rings is 1. The number of nitrogens with one attached hydrogen (secondary N) is 1. The first-order chi connectivity index (χ1) is 6.72. The van der Waals surface area contributed by atoms with Crippen molar-refractivity contribution in [2.24, 2.45) is 7.05 Å². The quantitative estimate of drug-likeness (QED) is 0.888. The lowest BCUT2D eigenvalue weighted by Crippen LogP contribution is -2.06. The smallest absolute Gasteiger partial charge is 0.0955 e. The molecule has 1 aromatic carbocycles. The zero-order valence-electron chi connectivity index (χ0n) is 8.21. The van der Waals surface area contributed by atoms with E-state index < -0.39 is 0 Å². The highest BCUT2D eigenvalue weighted by atomic mass is 79.9. The molecule has 0 aliphatic rings. The van der Waals surface area contributed by atoms with Crippen LogP contribution in [0.5, 0.6) is 0 Å². The number of aromatic nitrogens is 2. The van der Waals surface area contributed by atoms with Gasteiger partial charge in [-0.1, -0.05) is 15.9 Å². The molecular formula is C10H12BrN3. The second kappa shape index (κ2) is 3.71. The van der Waals surface area contributed by atoms with E-state index in [1.165, 1.54) is 11.1 Å². The summed E-state index contributed by atoms with van der Waals surface area (Å²) in [7, 11) is 3.96. The molecule has 74 valence electrons. The number of halogens is 1. The molecule has 0 aliphatic carbocycles. The topological polar surface area (TPSA) is 29.9 Å². The van der Waals surface area contributed by atoms with Crippen LogP contribution in [0.2, 0.25) is 0 Å². The van der Waals surface area contributed by atoms with Crippen LogP contribution in [0.4, 0.5) is 0 Å². The number of hydrogen-bond donors (Lipinski definition) is 1. The Labute approximate surface area is 91.3 Å². The predicted octanol–water partition coefficient (Wildman–Crippen LogP) is 2.06. The monoisotopic (exact) mass is 253 g/mol. The molecule has 0 unspecified atom stereocenters. The molecule has 1 N–H and O–H groups in total. The van der Waals surface area contributed by atoms with Gasteiger partial charge in [0.15, 0.2) is 0 Å². The first-order valence-corrected chi connectivity index (χ1v) is 5.25. The summed E-state index contributed by atoms with van der Waals surface area (Å²) in [6, 6.07) is 4.16. The molecular weight excluding hydrogens is 242 g/mol. The third-order valence-electron chi connectivity index (χ3n) is 2.22. The summed E-state index contributed by atoms with van der Waals surface area (Å²) in [5.74, 6) is 0. The first-order valence-electron chi connectivity index (χ1n) is 4.46. The molecule has 0 spiro atoms. The van der Waals surface area contributed by atoms with E-state index in [1.807, 2.05) is 26.5 Å². The molecule has 1 aromatic heterocycles. The number of benzene rings is 1. The zero-order chi connectivity index (χ0) is 10.1. The molecule has 0 fully saturated rings. The van der Waals surface area contributed by atoms with Crippen molar-refractivity contribution in [2.75, 3.05) is 7.05 Å². The normalized spacial score (nSPS) is 11.1. The standard InChI is InChI=1S/C10H12BrN3/c1-12-5-7-3-8(11)4-9-10(7)14(2)6-13-9/h3-4,6,12H,5H2,1-2H3. The number of aryl methyl sites for hydroxylation is 1. The van der Waals surface area contributed by atoms with Crippen LogP contribution in [0.1, 0.15) is 5.56 Å². The van der Waals surface area contributed by atoms with E-state index in [9.17, 15) is 0 Å². The van der Waals surface area contributed by atoms with Gasteiger partial charge in [-0.15, -0.1) is 0 Å². The van der Waals surface area contributed by atoms with E-state index >= 15 is 0 Å². The molecule has 0 amide bonds. The minimum Gasteiger partial charge on any atom is -0.333 e. The van der Waals surface area contributed by atoms with Crippen LogP contribution in [-0.4, -0.2) is 16.6 Å². The van der Waals surface area contributed by atoms with Crippen molar-refractivity contribution in [2.45, 2.75) is 6.54 Å². The van der Waals surface area contributed by atoms with Crippen molar-refractivity contribution in [3.8, 4) is 0 Å². The van der Waals surface area contributed by atoms with E-state index in [1.54, 1.807) is 0 Å². The van der Waals surface area contributed by atoms with Crippen molar-refractivity contribution in [1.29, 1.82) is 0 Å².